The highest BCUT2D eigenvalue weighted by Crippen LogP contribution is 2.20. The molecule has 1 heterocycles. The fraction of sp³-hybridized carbons (Fsp3) is 0.533. The summed E-state index contributed by atoms with van der Waals surface area (Å²) in [5.41, 5.74) is 7.66. The SMILES string of the molecule is COCc1ccccc1NC(N)=NCC1CCCCS1(=O)=O.I. The summed E-state index contributed by atoms with van der Waals surface area (Å²) < 4.78 is 29.0. The summed E-state index contributed by atoms with van der Waals surface area (Å²) in [7, 11) is -1.39. The lowest BCUT2D eigenvalue weighted by Gasteiger charge is -2.20. The first kappa shape index (κ1) is 20.2. The summed E-state index contributed by atoms with van der Waals surface area (Å²) in [6.45, 7) is 0.682. The largest absolute Gasteiger partial charge is 0.380 e. The molecule has 0 aromatic heterocycles. The second kappa shape index (κ2) is 9.43. The quantitative estimate of drug-likeness (QED) is 0.405. The number of para-hydroxylation sites is 1. The van der Waals surface area contributed by atoms with Gasteiger partial charge in [0.25, 0.3) is 0 Å². The Labute approximate surface area is 154 Å². The van der Waals surface area contributed by atoms with Crippen LogP contribution < -0.4 is 11.1 Å². The Hall–Kier alpha value is -0.870. The van der Waals surface area contributed by atoms with Crippen LogP contribution >= 0.6 is 24.0 Å². The highest BCUT2D eigenvalue weighted by atomic mass is 127. The molecule has 6 nitrogen and oxygen atoms in total. The molecule has 8 heteroatoms. The van der Waals surface area contributed by atoms with Crippen LogP contribution in [-0.4, -0.2) is 39.0 Å². The van der Waals surface area contributed by atoms with Gasteiger partial charge < -0.3 is 15.8 Å². The number of halogens is 1. The molecule has 0 saturated carbocycles. The van der Waals surface area contributed by atoms with Gasteiger partial charge in [0.15, 0.2) is 15.8 Å². The second-order valence-corrected chi connectivity index (χ2v) is 7.83. The summed E-state index contributed by atoms with van der Waals surface area (Å²) in [5, 5.41) is 2.61. The van der Waals surface area contributed by atoms with Crippen LogP contribution in [0.1, 0.15) is 24.8 Å². The van der Waals surface area contributed by atoms with Gasteiger partial charge in [0.1, 0.15) is 0 Å². The Kier molecular flexibility index (Phi) is 8.27. The maximum atomic E-state index is 11.9. The number of hydrogen-bond acceptors (Lipinski definition) is 4. The Morgan fingerprint density at radius 1 is 1.39 bits per heavy atom. The van der Waals surface area contributed by atoms with Crippen molar-refractivity contribution in [3.05, 3.63) is 29.8 Å². The molecule has 1 atom stereocenters. The van der Waals surface area contributed by atoms with Crippen LogP contribution in [0, 0.1) is 0 Å². The first-order valence-electron chi connectivity index (χ1n) is 7.38. The van der Waals surface area contributed by atoms with Crippen molar-refractivity contribution in [2.75, 3.05) is 24.7 Å². The topological polar surface area (TPSA) is 93.8 Å². The molecular weight excluding hydrogens is 429 g/mol. The number of nitrogens with one attached hydrogen (secondary N) is 1. The molecule has 130 valence electrons. The van der Waals surface area contributed by atoms with Gasteiger partial charge in [-0.15, -0.1) is 24.0 Å². The zero-order chi connectivity index (χ0) is 16.0. The molecule has 1 aromatic carbocycles. The van der Waals surface area contributed by atoms with Gasteiger partial charge >= 0.3 is 0 Å². The van der Waals surface area contributed by atoms with Crippen molar-refractivity contribution in [2.45, 2.75) is 31.1 Å². The number of aliphatic imine (C=N–C) groups is 1. The first-order valence-corrected chi connectivity index (χ1v) is 9.10. The number of sulfone groups is 1. The van der Waals surface area contributed by atoms with E-state index in [0.717, 1.165) is 24.1 Å². The van der Waals surface area contributed by atoms with Crippen LogP contribution in [0.25, 0.3) is 0 Å². The first-order chi connectivity index (χ1) is 10.5. The molecule has 1 aliphatic heterocycles. The van der Waals surface area contributed by atoms with E-state index in [-0.39, 0.29) is 42.2 Å². The Balaban J connectivity index is 0.00000264. The minimum atomic E-state index is -3.02. The van der Waals surface area contributed by atoms with Gasteiger partial charge in [-0.2, -0.15) is 0 Å². The highest BCUT2D eigenvalue weighted by Gasteiger charge is 2.28. The molecule has 0 aliphatic carbocycles. The van der Waals surface area contributed by atoms with Crippen molar-refractivity contribution in [1.82, 2.24) is 0 Å². The zero-order valence-corrected chi connectivity index (χ0v) is 16.3. The van der Waals surface area contributed by atoms with E-state index in [1.54, 1.807) is 7.11 Å². The van der Waals surface area contributed by atoms with Crippen LogP contribution in [0.4, 0.5) is 5.69 Å². The molecule has 1 aliphatic rings. The molecule has 3 N–H and O–H groups in total. The normalized spacial score (nSPS) is 20.6. The van der Waals surface area contributed by atoms with Crippen LogP contribution in [0.3, 0.4) is 0 Å². The van der Waals surface area contributed by atoms with Crippen molar-refractivity contribution in [2.24, 2.45) is 10.7 Å². The van der Waals surface area contributed by atoms with Crippen LogP contribution in [0.2, 0.25) is 0 Å². The zero-order valence-electron chi connectivity index (χ0n) is 13.2. The maximum Gasteiger partial charge on any atom is 0.193 e. The average molecular weight is 453 g/mol. The van der Waals surface area contributed by atoms with Crippen molar-refractivity contribution in [3.63, 3.8) is 0 Å². The van der Waals surface area contributed by atoms with E-state index in [0.29, 0.717) is 13.0 Å². The number of methoxy groups -OCH3 is 1. The molecule has 0 amide bonds. The fourth-order valence-corrected chi connectivity index (χ4v) is 4.29. The smallest absolute Gasteiger partial charge is 0.193 e. The van der Waals surface area contributed by atoms with E-state index >= 15 is 0 Å². The van der Waals surface area contributed by atoms with Gasteiger partial charge in [0.05, 0.1) is 24.2 Å². The van der Waals surface area contributed by atoms with Crippen molar-refractivity contribution in [1.29, 1.82) is 0 Å². The lowest BCUT2D eigenvalue weighted by molar-refractivity contribution is 0.185. The van der Waals surface area contributed by atoms with E-state index < -0.39 is 15.1 Å². The monoisotopic (exact) mass is 453 g/mol. The van der Waals surface area contributed by atoms with E-state index in [9.17, 15) is 8.42 Å². The Morgan fingerprint density at radius 3 is 2.83 bits per heavy atom. The molecule has 0 radical (unpaired) electrons. The van der Waals surface area contributed by atoms with Crippen molar-refractivity contribution >= 4 is 45.5 Å². The molecule has 23 heavy (non-hydrogen) atoms. The van der Waals surface area contributed by atoms with E-state index in [4.69, 9.17) is 10.5 Å². The lowest BCUT2D eigenvalue weighted by atomic mass is 10.2. The number of nitrogens with zero attached hydrogens (tertiary/aromatic N) is 1. The van der Waals surface area contributed by atoms with E-state index in [1.807, 2.05) is 24.3 Å². The Morgan fingerprint density at radius 2 is 2.13 bits per heavy atom. The molecule has 1 saturated heterocycles. The van der Waals surface area contributed by atoms with E-state index in [1.165, 1.54) is 0 Å². The number of benzene rings is 1. The van der Waals surface area contributed by atoms with Gasteiger partial charge in [0, 0.05) is 18.4 Å². The number of hydrogen-bond donors (Lipinski definition) is 2. The maximum absolute atomic E-state index is 11.9. The minimum absolute atomic E-state index is 0. The summed E-state index contributed by atoms with van der Waals surface area (Å²) >= 11 is 0. The molecule has 0 spiro atoms. The molecule has 1 unspecified atom stereocenters. The predicted molar refractivity (Wildman–Crippen MR) is 104 cm³/mol. The second-order valence-electron chi connectivity index (χ2n) is 5.43. The fourth-order valence-electron chi connectivity index (χ4n) is 2.53. The van der Waals surface area contributed by atoms with Crippen LogP contribution in [0.5, 0.6) is 0 Å². The molecular formula is C15H24IN3O3S. The van der Waals surface area contributed by atoms with Gasteiger partial charge in [-0.3, -0.25) is 4.99 Å². The van der Waals surface area contributed by atoms with Gasteiger partial charge in [-0.25, -0.2) is 8.42 Å². The van der Waals surface area contributed by atoms with Crippen molar-refractivity contribution < 1.29 is 13.2 Å². The predicted octanol–water partition coefficient (Wildman–Crippen LogP) is 2.14. The number of rotatable bonds is 5. The van der Waals surface area contributed by atoms with Crippen LogP contribution in [0.15, 0.2) is 29.3 Å². The van der Waals surface area contributed by atoms with Gasteiger partial charge in [-0.05, 0) is 18.9 Å². The molecule has 0 bridgehead atoms. The third-order valence-electron chi connectivity index (χ3n) is 3.76. The highest BCUT2D eigenvalue weighted by molar-refractivity contribution is 14.0. The Bertz CT molecular complexity index is 635. The summed E-state index contributed by atoms with van der Waals surface area (Å²) in [6, 6.07) is 7.63. The molecule has 2 rings (SSSR count). The standard InChI is InChI=1S/C15H23N3O3S.HI/c1-21-11-12-6-2-3-8-14(12)18-15(16)17-10-13-7-4-5-9-22(13,19)20;/h2-3,6,8,13H,4-5,7,9-11H2,1H3,(H3,16,17,18);1H. The average Bonchev–Trinajstić information content (AvgIpc) is 2.48. The summed E-state index contributed by atoms with van der Waals surface area (Å²) in [4.78, 5) is 4.20. The number of nitrogens with two attached hydrogens (primary N) is 1. The number of anilines is 1. The lowest BCUT2D eigenvalue weighted by Crippen LogP contribution is -2.32. The van der Waals surface area contributed by atoms with Gasteiger partial charge in [-0.1, -0.05) is 24.6 Å². The van der Waals surface area contributed by atoms with Gasteiger partial charge in [0.2, 0.25) is 0 Å². The summed E-state index contributed by atoms with van der Waals surface area (Å²) in [6.07, 6.45) is 2.35. The van der Waals surface area contributed by atoms with Crippen LogP contribution in [-0.2, 0) is 21.2 Å². The van der Waals surface area contributed by atoms with E-state index in [2.05, 4.69) is 10.3 Å². The minimum Gasteiger partial charge on any atom is -0.380 e. The molecule has 1 aromatic rings. The third-order valence-corrected chi connectivity index (χ3v) is 6.02. The number of guanidine groups is 1. The molecule has 1 fully saturated rings. The number of ether oxygens (including phenoxy) is 1. The summed E-state index contributed by atoms with van der Waals surface area (Å²) in [5.74, 6) is 0.487. The van der Waals surface area contributed by atoms with Crippen molar-refractivity contribution in [3.8, 4) is 0 Å². The third kappa shape index (κ3) is 5.92.